The Morgan fingerprint density at radius 3 is 1.96 bits per heavy atom. The molecule has 10 heteroatoms. The maximum atomic E-state index is 13.8. The van der Waals surface area contributed by atoms with Crippen LogP contribution >= 0.6 is 0 Å². The van der Waals surface area contributed by atoms with Gasteiger partial charge in [0.25, 0.3) is 5.56 Å². The summed E-state index contributed by atoms with van der Waals surface area (Å²) in [6.45, 7) is 4.94. The third-order valence-corrected chi connectivity index (χ3v) is 8.51. The molecule has 46 heavy (non-hydrogen) atoms. The van der Waals surface area contributed by atoms with Crippen LogP contribution in [0.5, 0.6) is 0 Å². The Kier molecular flexibility index (Phi) is 9.99. The fraction of sp³-hybridized carbons (Fsp3) is 0.333. The predicted octanol–water partition coefficient (Wildman–Crippen LogP) is 4.00. The molecule has 4 aromatic rings. The van der Waals surface area contributed by atoms with E-state index in [1.54, 1.807) is 20.8 Å². The number of H-pyrrole nitrogens is 1. The largest absolute Gasteiger partial charge is 0.463 e. The SMILES string of the molecule is Cc1cn([C@H]2C[C@H](OC(=O)[C@@H](N)C(C)C)[C@@H](COC(=O)CC(c3ccccc3)(c3ccccc3)c3ccccc3)O2)c(=O)[nH]c1=O. The van der Waals surface area contributed by atoms with Crippen molar-refractivity contribution in [3.8, 4) is 0 Å². The Labute approximate surface area is 267 Å². The number of nitrogens with one attached hydrogen (secondary N) is 1. The van der Waals surface area contributed by atoms with Crippen molar-refractivity contribution >= 4 is 11.9 Å². The molecule has 4 atom stereocenters. The van der Waals surface area contributed by atoms with Gasteiger partial charge < -0.3 is 19.9 Å². The van der Waals surface area contributed by atoms with Crippen molar-refractivity contribution in [2.75, 3.05) is 6.61 Å². The predicted molar refractivity (Wildman–Crippen MR) is 172 cm³/mol. The zero-order chi connectivity index (χ0) is 32.8. The molecule has 1 fully saturated rings. The standard InChI is InChI=1S/C36H39N3O7/c1-23(2)32(37)34(42)46-28-19-30(39-21-24(3)33(41)38-35(39)43)45-29(28)22-44-31(40)20-36(25-13-7-4-8-14-25,26-15-9-5-10-16-26)27-17-11-6-12-18-27/h4-18,21,23,28-30,32H,19-20,22,37H2,1-3H3,(H,38,41,43)/t28-,29+,30+,32-/m0/s1. The fourth-order valence-corrected chi connectivity index (χ4v) is 5.86. The van der Waals surface area contributed by atoms with Crippen LogP contribution in [0.25, 0.3) is 0 Å². The highest BCUT2D eigenvalue weighted by molar-refractivity contribution is 5.76. The third kappa shape index (κ3) is 6.88. The summed E-state index contributed by atoms with van der Waals surface area (Å²) >= 11 is 0. The number of nitrogens with two attached hydrogens (primary N) is 1. The first-order valence-electron chi connectivity index (χ1n) is 15.4. The summed E-state index contributed by atoms with van der Waals surface area (Å²) in [6.07, 6.45) is -1.18. The highest BCUT2D eigenvalue weighted by Gasteiger charge is 2.43. The number of benzene rings is 3. The molecular formula is C36H39N3O7. The maximum Gasteiger partial charge on any atom is 0.330 e. The van der Waals surface area contributed by atoms with Crippen LogP contribution < -0.4 is 17.0 Å². The Morgan fingerprint density at radius 2 is 1.46 bits per heavy atom. The van der Waals surface area contributed by atoms with Gasteiger partial charge in [0.15, 0.2) is 0 Å². The molecule has 1 aromatic heterocycles. The molecule has 0 saturated carbocycles. The summed E-state index contributed by atoms with van der Waals surface area (Å²) < 4.78 is 19.1. The number of aromatic amines is 1. The number of nitrogens with zero attached hydrogens (tertiary/aromatic N) is 1. The molecule has 3 N–H and O–H groups in total. The molecule has 10 nitrogen and oxygen atoms in total. The summed E-state index contributed by atoms with van der Waals surface area (Å²) in [4.78, 5) is 53.6. The second-order valence-electron chi connectivity index (χ2n) is 12.0. The van der Waals surface area contributed by atoms with Gasteiger partial charge in [-0.25, -0.2) is 4.79 Å². The number of aryl methyl sites for hydroxylation is 1. The lowest BCUT2D eigenvalue weighted by atomic mass is 9.67. The van der Waals surface area contributed by atoms with E-state index in [-0.39, 0.29) is 25.4 Å². The van der Waals surface area contributed by atoms with E-state index in [2.05, 4.69) is 4.98 Å². The smallest absolute Gasteiger partial charge is 0.330 e. The van der Waals surface area contributed by atoms with E-state index < -0.39 is 53.1 Å². The van der Waals surface area contributed by atoms with Gasteiger partial charge in [-0.3, -0.25) is 23.9 Å². The highest BCUT2D eigenvalue weighted by Crippen LogP contribution is 2.42. The van der Waals surface area contributed by atoms with Crippen molar-refractivity contribution in [1.82, 2.24) is 9.55 Å². The summed E-state index contributed by atoms with van der Waals surface area (Å²) in [5.41, 5.74) is 7.09. The van der Waals surface area contributed by atoms with Crippen molar-refractivity contribution in [1.29, 1.82) is 0 Å². The molecule has 5 rings (SSSR count). The van der Waals surface area contributed by atoms with Gasteiger partial charge in [0, 0.05) is 18.2 Å². The molecule has 1 saturated heterocycles. The number of carbonyl (C=O) groups excluding carboxylic acids is 2. The Hall–Kier alpha value is -4.80. The first-order valence-corrected chi connectivity index (χ1v) is 15.4. The van der Waals surface area contributed by atoms with Crippen LogP contribution in [0.2, 0.25) is 0 Å². The van der Waals surface area contributed by atoms with Crippen molar-refractivity contribution < 1.29 is 23.8 Å². The Morgan fingerprint density at radius 1 is 0.935 bits per heavy atom. The minimum absolute atomic E-state index is 0.0254. The second kappa shape index (κ2) is 14.1. The summed E-state index contributed by atoms with van der Waals surface area (Å²) in [6, 6.07) is 28.5. The van der Waals surface area contributed by atoms with E-state index in [4.69, 9.17) is 19.9 Å². The number of carbonyl (C=O) groups is 2. The quantitative estimate of drug-likeness (QED) is 0.188. The van der Waals surface area contributed by atoms with Crippen molar-refractivity contribution in [3.05, 3.63) is 140 Å². The molecule has 0 bridgehead atoms. The van der Waals surface area contributed by atoms with Crippen LogP contribution in [0, 0.1) is 12.8 Å². The fourth-order valence-electron chi connectivity index (χ4n) is 5.86. The van der Waals surface area contributed by atoms with Crippen molar-refractivity contribution in [2.45, 2.75) is 63.5 Å². The lowest BCUT2D eigenvalue weighted by molar-refractivity contribution is -0.160. The molecule has 0 spiro atoms. The maximum absolute atomic E-state index is 13.8. The van der Waals surface area contributed by atoms with Crippen LogP contribution in [0.1, 0.15) is 55.2 Å². The van der Waals surface area contributed by atoms with Gasteiger partial charge in [-0.15, -0.1) is 0 Å². The van der Waals surface area contributed by atoms with Crippen LogP contribution in [-0.4, -0.2) is 46.3 Å². The normalized spacial score (nSPS) is 18.7. The van der Waals surface area contributed by atoms with E-state index >= 15 is 0 Å². The summed E-state index contributed by atoms with van der Waals surface area (Å²) in [5.74, 6) is -1.29. The molecule has 0 amide bonds. The van der Waals surface area contributed by atoms with Crippen LogP contribution in [-0.2, 0) is 29.2 Å². The summed E-state index contributed by atoms with van der Waals surface area (Å²) in [7, 11) is 0. The van der Waals surface area contributed by atoms with Crippen molar-refractivity contribution in [3.63, 3.8) is 0 Å². The van der Waals surface area contributed by atoms with Crippen LogP contribution in [0.15, 0.2) is 107 Å². The lowest BCUT2D eigenvalue weighted by Gasteiger charge is -2.35. The van der Waals surface area contributed by atoms with E-state index in [1.165, 1.54) is 10.8 Å². The minimum Gasteiger partial charge on any atom is -0.463 e. The van der Waals surface area contributed by atoms with Gasteiger partial charge in [0.2, 0.25) is 0 Å². The first kappa shape index (κ1) is 32.6. The van der Waals surface area contributed by atoms with Crippen LogP contribution in [0.4, 0.5) is 0 Å². The minimum atomic E-state index is -0.893. The zero-order valence-corrected chi connectivity index (χ0v) is 26.1. The lowest BCUT2D eigenvalue weighted by Crippen LogP contribution is -2.41. The molecule has 2 heterocycles. The molecule has 0 unspecified atom stereocenters. The second-order valence-corrected chi connectivity index (χ2v) is 12.0. The van der Waals surface area contributed by atoms with E-state index in [9.17, 15) is 19.2 Å². The van der Waals surface area contributed by atoms with Crippen LogP contribution in [0.3, 0.4) is 0 Å². The van der Waals surface area contributed by atoms with Gasteiger partial charge in [-0.1, -0.05) is 105 Å². The molecule has 0 radical (unpaired) electrons. The number of hydrogen-bond donors (Lipinski definition) is 2. The Bertz CT molecular complexity index is 1660. The van der Waals surface area contributed by atoms with Gasteiger partial charge >= 0.3 is 17.6 Å². The molecule has 3 aromatic carbocycles. The molecule has 0 aliphatic carbocycles. The number of esters is 2. The van der Waals surface area contributed by atoms with Crippen molar-refractivity contribution in [2.24, 2.45) is 11.7 Å². The third-order valence-electron chi connectivity index (χ3n) is 8.51. The molecule has 1 aliphatic heterocycles. The van der Waals surface area contributed by atoms with E-state index in [0.717, 1.165) is 16.7 Å². The molecular weight excluding hydrogens is 586 g/mol. The monoisotopic (exact) mass is 625 g/mol. The number of aromatic nitrogens is 2. The average molecular weight is 626 g/mol. The number of rotatable bonds is 11. The van der Waals surface area contributed by atoms with Gasteiger partial charge in [0.1, 0.15) is 31.1 Å². The highest BCUT2D eigenvalue weighted by atomic mass is 16.6. The number of hydrogen-bond acceptors (Lipinski definition) is 8. The Balaban J connectivity index is 1.43. The topological polar surface area (TPSA) is 143 Å². The zero-order valence-electron chi connectivity index (χ0n) is 26.1. The number of ether oxygens (including phenoxy) is 3. The van der Waals surface area contributed by atoms with Gasteiger partial charge in [-0.05, 0) is 29.5 Å². The average Bonchev–Trinajstić information content (AvgIpc) is 3.47. The molecule has 240 valence electrons. The summed E-state index contributed by atoms with van der Waals surface area (Å²) in [5, 5.41) is 0. The van der Waals surface area contributed by atoms with Gasteiger partial charge in [-0.2, -0.15) is 0 Å². The van der Waals surface area contributed by atoms with E-state index in [0.29, 0.717) is 5.56 Å². The van der Waals surface area contributed by atoms with E-state index in [1.807, 2.05) is 91.0 Å². The first-order chi connectivity index (χ1) is 22.1. The molecule has 1 aliphatic rings. The van der Waals surface area contributed by atoms with Gasteiger partial charge in [0.05, 0.1) is 11.8 Å².